The second-order valence-electron chi connectivity index (χ2n) is 9.39. The van der Waals surface area contributed by atoms with Crippen molar-refractivity contribution in [3.05, 3.63) is 60.1 Å². The van der Waals surface area contributed by atoms with Crippen LogP contribution in [-0.2, 0) is 0 Å². The highest BCUT2D eigenvalue weighted by Gasteiger charge is 2.51. The number of nitrogens with zero attached hydrogens (tertiary/aromatic N) is 6. The number of aliphatic hydroxyl groups excluding tert-OH is 1. The van der Waals surface area contributed by atoms with Crippen LogP contribution in [0.1, 0.15) is 28.9 Å². The van der Waals surface area contributed by atoms with E-state index in [9.17, 15) is 14.3 Å². The average molecular weight is 476 g/mol. The van der Waals surface area contributed by atoms with Gasteiger partial charge in [0.1, 0.15) is 11.0 Å². The quantitative estimate of drug-likeness (QED) is 0.458. The number of hydrogen-bond acceptors (Lipinski definition) is 7. The third-order valence-electron chi connectivity index (χ3n) is 7.07. The van der Waals surface area contributed by atoms with Crippen LogP contribution >= 0.6 is 0 Å². The number of aryl methyl sites for hydroxylation is 1. The van der Waals surface area contributed by atoms with Crippen molar-refractivity contribution in [2.45, 2.75) is 25.3 Å². The molecule has 1 saturated carbocycles. The zero-order chi connectivity index (χ0) is 24.2. The fraction of sp³-hybridized carbons (Fsp3) is 0.360. The number of aromatic nitrogens is 4. The number of rotatable bonds is 5. The van der Waals surface area contributed by atoms with Gasteiger partial charge in [-0.05, 0) is 31.9 Å². The van der Waals surface area contributed by atoms with Crippen LogP contribution in [0.2, 0.25) is 0 Å². The van der Waals surface area contributed by atoms with Crippen molar-refractivity contribution in [3.63, 3.8) is 0 Å². The molecule has 2 N–H and O–H groups in total. The van der Waals surface area contributed by atoms with Gasteiger partial charge in [0.05, 0.1) is 29.2 Å². The molecule has 1 aliphatic carbocycles. The molecule has 1 amide bonds. The van der Waals surface area contributed by atoms with Crippen molar-refractivity contribution < 1.29 is 14.3 Å². The van der Waals surface area contributed by atoms with E-state index in [2.05, 4.69) is 30.1 Å². The van der Waals surface area contributed by atoms with Crippen LogP contribution in [0.25, 0.3) is 16.7 Å². The summed E-state index contributed by atoms with van der Waals surface area (Å²) < 4.78 is 16.0. The Bertz CT molecular complexity index is 1450. The molecule has 2 fully saturated rings. The lowest BCUT2D eigenvalue weighted by Crippen LogP contribution is -2.55. The van der Waals surface area contributed by atoms with E-state index >= 15 is 0 Å². The van der Waals surface area contributed by atoms with Gasteiger partial charge in [0.2, 0.25) is 0 Å². The van der Waals surface area contributed by atoms with Crippen molar-refractivity contribution in [2.24, 2.45) is 0 Å². The Balaban J connectivity index is 1.31. The summed E-state index contributed by atoms with van der Waals surface area (Å²) >= 11 is 0. The number of carbonyl (C=O) groups is 1. The Hall–Kier alpha value is -3.63. The number of fused-ring (bicyclic) bond motifs is 2. The van der Waals surface area contributed by atoms with Crippen LogP contribution in [0, 0.1) is 12.7 Å². The summed E-state index contributed by atoms with van der Waals surface area (Å²) in [5.41, 5.74) is 3.83. The number of imidazole rings is 1. The molecule has 0 atom stereocenters. The van der Waals surface area contributed by atoms with Crippen LogP contribution in [0.4, 0.5) is 15.8 Å². The summed E-state index contributed by atoms with van der Waals surface area (Å²) in [6, 6.07) is 4.95. The molecular weight excluding hydrogens is 449 g/mol. The molecule has 0 radical (unpaired) electrons. The first-order valence-corrected chi connectivity index (χ1v) is 11.8. The first-order valence-electron chi connectivity index (χ1n) is 11.8. The average Bonchev–Trinajstić information content (AvgIpc) is 3.50. The maximum Gasteiger partial charge on any atom is 0.257 e. The number of nitrogens with one attached hydrogen (secondary N) is 1. The maximum atomic E-state index is 14.5. The van der Waals surface area contributed by atoms with Crippen LogP contribution in [0.3, 0.4) is 0 Å². The van der Waals surface area contributed by atoms with Gasteiger partial charge in [-0.1, -0.05) is 0 Å². The second-order valence-corrected chi connectivity index (χ2v) is 9.39. The summed E-state index contributed by atoms with van der Waals surface area (Å²) in [6.45, 7) is 5.17. The fourth-order valence-electron chi connectivity index (χ4n) is 5.23. The molecule has 0 unspecified atom stereocenters. The molecule has 1 aromatic carbocycles. The minimum absolute atomic E-state index is 0.111. The van der Waals surface area contributed by atoms with Crippen molar-refractivity contribution in [3.8, 4) is 0 Å². The van der Waals surface area contributed by atoms with Crippen LogP contribution in [0.5, 0.6) is 0 Å². The number of hydrogen-bond donors (Lipinski definition) is 2. The van der Waals surface area contributed by atoms with Gasteiger partial charge >= 0.3 is 0 Å². The van der Waals surface area contributed by atoms with E-state index in [4.69, 9.17) is 0 Å². The number of anilines is 2. The van der Waals surface area contributed by atoms with Gasteiger partial charge in [-0.2, -0.15) is 0 Å². The Morgan fingerprint density at radius 2 is 1.97 bits per heavy atom. The minimum atomic E-state index is -0.509. The minimum Gasteiger partial charge on any atom is -0.395 e. The molecule has 35 heavy (non-hydrogen) atoms. The number of benzene rings is 1. The number of β-amino-alcohol motifs (C(OH)–C–C–N with tert-alkyl or cyclic N) is 1. The monoisotopic (exact) mass is 475 g/mol. The number of carbonyl (C=O) groups excluding carboxylic acids is 1. The molecule has 1 aliphatic heterocycles. The topological polar surface area (TPSA) is 98.9 Å². The molecule has 3 aromatic heterocycles. The number of piperazine rings is 1. The molecule has 4 aromatic rings. The molecule has 10 heteroatoms. The molecule has 9 nitrogen and oxygen atoms in total. The van der Waals surface area contributed by atoms with Crippen molar-refractivity contribution >= 4 is 34.0 Å². The number of amides is 1. The molecule has 0 bridgehead atoms. The smallest absolute Gasteiger partial charge is 0.257 e. The summed E-state index contributed by atoms with van der Waals surface area (Å²) in [5.74, 6) is -0.894. The Kier molecular flexibility index (Phi) is 5.15. The first kappa shape index (κ1) is 21.9. The van der Waals surface area contributed by atoms with Crippen LogP contribution in [-0.4, -0.2) is 73.6 Å². The van der Waals surface area contributed by atoms with Gasteiger partial charge < -0.3 is 19.7 Å². The lowest BCUT2D eigenvalue weighted by molar-refractivity contribution is 0.102. The van der Waals surface area contributed by atoms with Crippen LogP contribution < -0.4 is 10.2 Å². The third kappa shape index (κ3) is 3.78. The SMILES string of the molecule is Cc1cn2cc(NC(=O)c3ccc(N4CCN(CCO)C5(CC5)C4)c4nccnc34)cc(F)c2n1. The Labute approximate surface area is 201 Å². The largest absolute Gasteiger partial charge is 0.395 e. The molecule has 2 aliphatic rings. The van der Waals surface area contributed by atoms with Gasteiger partial charge in [-0.25, -0.2) is 9.37 Å². The summed E-state index contributed by atoms with van der Waals surface area (Å²) in [6.07, 6.45) is 8.78. The molecule has 6 rings (SSSR count). The van der Waals surface area contributed by atoms with E-state index in [0.717, 1.165) is 38.2 Å². The highest BCUT2D eigenvalue weighted by Crippen LogP contribution is 2.45. The molecule has 180 valence electrons. The lowest BCUT2D eigenvalue weighted by Gasteiger charge is -2.43. The van der Waals surface area contributed by atoms with Gasteiger partial charge in [0.25, 0.3) is 5.91 Å². The van der Waals surface area contributed by atoms with Crippen molar-refractivity contribution in [1.82, 2.24) is 24.3 Å². The number of halogens is 1. The lowest BCUT2D eigenvalue weighted by atomic mass is 10.1. The van der Waals surface area contributed by atoms with Gasteiger partial charge in [0, 0.05) is 62.6 Å². The molecule has 4 heterocycles. The Morgan fingerprint density at radius 1 is 1.17 bits per heavy atom. The predicted octanol–water partition coefficient (Wildman–Crippen LogP) is 2.62. The van der Waals surface area contributed by atoms with E-state index in [-0.39, 0.29) is 23.7 Å². The van der Waals surface area contributed by atoms with Crippen molar-refractivity contribution in [1.29, 1.82) is 0 Å². The third-order valence-corrected chi connectivity index (χ3v) is 7.07. The standard InChI is InChI=1S/C25H26FN7O2/c1-16-13-32-14-17(12-19(26)23(32)29-16)30-24(35)18-2-3-20(22-21(18)27-6-7-28-22)31-8-9-33(10-11-34)25(15-31)4-5-25/h2-3,6-7,12-14,34H,4-5,8-11,15H2,1H3,(H,30,35). The summed E-state index contributed by atoms with van der Waals surface area (Å²) in [4.78, 5) is 31.1. The zero-order valence-electron chi connectivity index (χ0n) is 19.4. The van der Waals surface area contributed by atoms with Crippen molar-refractivity contribution in [2.75, 3.05) is 43.0 Å². The summed E-state index contributed by atoms with van der Waals surface area (Å²) in [7, 11) is 0. The predicted molar refractivity (Wildman–Crippen MR) is 130 cm³/mol. The molecular formula is C25H26FN7O2. The molecule has 1 saturated heterocycles. The van der Waals surface area contributed by atoms with E-state index in [0.29, 0.717) is 34.5 Å². The molecule has 1 spiro atoms. The second kappa shape index (κ2) is 8.24. The van der Waals surface area contributed by atoms with Gasteiger partial charge in [-0.15, -0.1) is 0 Å². The Morgan fingerprint density at radius 3 is 2.74 bits per heavy atom. The van der Waals surface area contributed by atoms with Crippen LogP contribution in [0.15, 0.2) is 43.0 Å². The van der Waals surface area contributed by atoms with E-state index < -0.39 is 5.82 Å². The highest BCUT2D eigenvalue weighted by molar-refractivity contribution is 6.13. The fourth-order valence-corrected chi connectivity index (χ4v) is 5.23. The van der Waals surface area contributed by atoms with E-state index in [1.807, 2.05) is 6.07 Å². The maximum absolute atomic E-state index is 14.5. The summed E-state index contributed by atoms with van der Waals surface area (Å²) in [5, 5.41) is 12.2. The number of pyridine rings is 1. The zero-order valence-corrected chi connectivity index (χ0v) is 19.4. The van der Waals surface area contributed by atoms with E-state index in [1.165, 1.54) is 6.07 Å². The number of aliphatic hydroxyl groups is 1. The normalized spacial score (nSPS) is 17.4. The van der Waals surface area contributed by atoms with Gasteiger partial charge in [0.15, 0.2) is 11.5 Å². The van der Waals surface area contributed by atoms with E-state index in [1.54, 1.807) is 42.2 Å². The van der Waals surface area contributed by atoms with Gasteiger partial charge in [-0.3, -0.25) is 19.7 Å². The first-order chi connectivity index (χ1) is 17.0. The highest BCUT2D eigenvalue weighted by atomic mass is 19.1.